The van der Waals surface area contributed by atoms with E-state index in [1.165, 1.54) is 47.7 Å². The molecule has 35 heavy (non-hydrogen) atoms. The molecule has 3 nitrogen and oxygen atoms in total. The van der Waals surface area contributed by atoms with Gasteiger partial charge >= 0.3 is 8.32 Å². The average Bonchev–Trinajstić information content (AvgIpc) is 2.92. The Morgan fingerprint density at radius 2 is 1.11 bits per heavy atom. The number of hydrogen-bond donors (Lipinski definition) is 0. The minimum absolute atomic E-state index is 0.0121. The predicted molar refractivity (Wildman–Crippen MR) is 148 cm³/mol. The second kappa shape index (κ2) is 13.1. The Kier molecular flexibility index (Phi) is 9.31. The van der Waals surface area contributed by atoms with Crippen molar-refractivity contribution in [2.45, 2.75) is 64.2 Å². The van der Waals surface area contributed by atoms with Gasteiger partial charge in [-0.3, -0.25) is 0 Å². The van der Waals surface area contributed by atoms with Crippen molar-refractivity contribution >= 4 is 29.6 Å². The maximum absolute atomic E-state index is 9.84. The second-order valence-corrected chi connectivity index (χ2v) is 12.8. The van der Waals surface area contributed by atoms with E-state index in [2.05, 4.69) is 97.1 Å². The van der Waals surface area contributed by atoms with Crippen molar-refractivity contribution in [3.05, 3.63) is 91.0 Å². The molecule has 1 saturated carbocycles. The van der Waals surface area contributed by atoms with Crippen LogP contribution in [-0.2, 0) is 4.53 Å². The van der Waals surface area contributed by atoms with Gasteiger partial charge in [-0.05, 0) is 34.8 Å². The van der Waals surface area contributed by atoms with E-state index >= 15 is 0 Å². The van der Waals surface area contributed by atoms with Gasteiger partial charge in [0.25, 0.3) is 0 Å². The third-order valence-corrected chi connectivity index (χ3v) is 10.8. The third-order valence-electron chi connectivity index (χ3n) is 7.04. The van der Waals surface area contributed by atoms with Crippen LogP contribution in [-0.4, -0.2) is 14.0 Å². The Morgan fingerprint density at radius 3 is 1.60 bits per heavy atom. The number of oxime groups is 1. The summed E-state index contributed by atoms with van der Waals surface area (Å²) in [5.74, 6) is 0.0121. The van der Waals surface area contributed by atoms with E-state index in [4.69, 9.17) is 9.68 Å². The van der Waals surface area contributed by atoms with E-state index in [1.807, 2.05) is 0 Å². The standard InChI is InChI=1S/C31H36N2OSi/c32-26-27-17-9-4-2-1-3-5-10-18-28(25-27)33-34-35(29-19-11-6-12-20-29,30-21-13-7-14-22-30)31-23-15-8-16-24-31/h6-8,11-16,19-24,27H,1-5,9-10,17-18,25H2/b33-28+. The largest absolute Gasteiger partial charge is 0.438 e. The van der Waals surface area contributed by atoms with Gasteiger partial charge in [-0.1, -0.05) is 130 Å². The lowest BCUT2D eigenvalue weighted by atomic mass is 9.93. The summed E-state index contributed by atoms with van der Waals surface area (Å²) in [6.07, 6.45) is 11.1. The normalized spacial score (nSPS) is 19.2. The van der Waals surface area contributed by atoms with E-state index in [-0.39, 0.29) is 5.92 Å². The summed E-state index contributed by atoms with van der Waals surface area (Å²) in [6, 6.07) is 34.2. The first-order valence-electron chi connectivity index (χ1n) is 13.1. The molecular formula is C31H36N2OSi. The average molecular weight is 481 g/mol. The fourth-order valence-corrected chi connectivity index (χ4v) is 8.66. The first-order valence-corrected chi connectivity index (χ1v) is 15.0. The molecule has 1 aliphatic rings. The minimum atomic E-state index is -2.88. The predicted octanol–water partition coefficient (Wildman–Crippen LogP) is 6.08. The van der Waals surface area contributed by atoms with Gasteiger partial charge in [0.05, 0.1) is 17.7 Å². The van der Waals surface area contributed by atoms with Crippen LogP contribution in [0.1, 0.15) is 64.2 Å². The molecular weight excluding hydrogens is 444 g/mol. The molecule has 1 aliphatic carbocycles. The summed E-state index contributed by atoms with van der Waals surface area (Å²) in [7, 11) is -2.88. The van der Waals surface area contributed by atoms with Gasteiger partial charge in [0.2, 0.25) is 0 Å². The zero-order valence-corrected chi connectivity index (χ0v) is 21.6. The highest BCUT2D eigenvalue weighted by atomic mass is 28.4. The Labute approximate surface area is 211 Å². The molecule has 1 atom stereocenters. The van der Waals surface area contributed by atoms with Gasteiger partial charge in [-0.15, -0.1) is 5.16 Å². The van der Waals surface area contributed by atoms with Crippen molar-refractivity contribution in [3.8, 4) is 6.07 Å². The Morgan fingerprint density at radius 1 is 0.657 bits per heavy atom. The van der Waals surface area contributed by atoms with E-state index in [0.29, 0.717) is 6.42 Å². The van der Waals surface area contributed by atoms with Gasteiger partial charge in [0, 0.05) is 6.42 Å². The molecule has 0 N–H and O–H groups in total. The van der Waals surface area contributed by atoms with Gasteiger partial charge in [-0.2, -0.15) is 5.26 Å². The van der Waals surface area contributed by atoms with E-state index < -0.39 is 8.32 Å². The van der Waals surface area contributed by atoms with Crippen molar-refractivity contribution in [2.75, 3.05) is 0 Å². The first kappa shape index (κ1) is 24.9. The second-order valence-electron chi connectivity index (χ2n) is 9.57. The van der Waals surface area contributed by atoms with Gasteiger partial charge in [0.15, 0.2) is 0 Å². The van der Waals surface area contributed by atoms with Crippen LogP contribution in [0, 0.1) is 17.2 Å². The molecule has 1 fully saturated rings. The lowest BCUT2D eigenvalue weighted by Crippen LogP contribution is -2.68. The fraction of sp³-hybridized carbons (Fsp3) is 0.355. The van der Waals surface area contributed by atoms with Crippen molar-refractivity contribution in [3.63, 3.8) is 0 Å². The van der Waals surface area contributed by atoms with Crippen LogP contribution in [0.2, 0.25) is 0 Å². The lowest BCUT2D eigenvalue weighted by molar-refractivity contribution is 0.343. The molecule has 0 aliphatic heterocycles. The molecule has 1 unspecified atom stereocenters. The van der Waals surface area contributed by atoms with Gasteiger partial charge < -0.3 is 4.53 Å². The summed E-state index contributed by atoms with van der Waals surface area (Å²) in [5, 5.41) is 18.3. The maximum atomic E-state index is 9.84. The Hall–Kier alpha value is -3.16. The summed E-state index contributed by atoms with van der Waals surface area (Å²) < 4.78 is 6.86. The lowest BCUT2D eigenvalue weighted by Gasteiger charge is -2.30. The maximum Gasteiger partial charge on any atom is 0.380 e. The van der Waals surface area contributed by atoms with E-state index in [9.17, 15) is 5.26 Å². The molecule has 4 rings (SSSR count). The molecule has 0 heterocycles. The molecule has 0 amide bonds. The minimum Gasteiger partial charge on any atom is -0.438 e. The number of benzene rings is 3. The van der Waals surface area contributed by atoms with Crippen LogP contribution in [0.3, 0.4) is 0 Å². The Balaban J connectivity index is 1.76. The molecule has 3 aromatic carbocycles. The smallest absolute Gasteiger partial charge is 0.380 e. The van der Waals surface area contributed by atoms with Crippen molar-refractivity contribution < 1.29 is 4.53 Å². The highest BCUT2D eigenvalue weighted by Crippen LogP contribution is 2.21. The van der Waals surface area contributed by atoms with Gasteiger partial charge in [0.1, 0.15) is 0 Å². The molecule has 0 bridgehead atoms. The van der Waals surface area contributed by atoms with Gasteiger partial charge in [-0.25, -0.2) is 0 Å². The third kappa shape index (κ3) is 6.49. The van der Waals surface area contributed by atoms with E-state index in [1.54, 1.807) is 0 Å². The topological polar surface area (TPSA) is 45.4 Å². The Bertz CT molecular complexity index is 996. The number of nitrogens with zero attached hydrogens (tertiary/aromatic N) is 2. The molecule has 4 heteroatoms. The van der Waals surface area contributed by atoms with Crippen LogP contribution >= 0.6 is 0 Å². The SMILES string of the molecule is N#CC1CCCCCCCCC/C(=N\O[Si](c2ccccc2)(c2ccccc2)c2ccccc2)C1. The van der Waals surface area contributed by atoms with Crippen LogP contribution in [0.25, 0.3) is 0 Å². The highest BCUT2D eigenvalue weighted by molar-refractivity contribution is 7.07. The number of hydrogen-bond acceptors (Lipinski definition) is 3. The summed E-state index contributed by atoms with van der Waals surface area (Å²) in [6.45, 7) is 0. The van der Waals surface area contributed by atoms with Crippen molar-refractivity contribution in [2.24, 2.45) is 11.1 Å². The zero-order valence-electron chi connectivity index (χ0n) is 20.6. The summed E-state index contributed by atoms with van der Waals surface area (Å²) >= 11 is 0. The number of rotatable bonds is 5. The zero-order chi connectivity index (χ0) is 24.2. The highest BCUT2D eigenvalue weighted by Gasteiger charge is 2.45. The summed E-state index contributed by atoms with van der Waals surface area (Å²) in [4.78, 5) is 0. The molecule has 0 aromatic heterocycles. The molecule has 0 saturated heterocycles. The van der Waals surface area contributed by atoms with Crippen LogP contribution < -0.4 is 15.6 Å². The molecule has 0 radical (unpaired) electrons. The van der Waals surface area contributed by atoms with Crippen LogP contribution in [0.4, 0.5) is 0 Å². The molecule has 0 spiro atoms. The van der Waals surface area contributed by atoms with E-state index in [0.717, 1.165) is 31.4 Å². The quantitative estimate of drug-likeness (QED) is 0.252. The number of nitriles is 1. The molecule has 3 aromatic rings. The summed E-state index contributed by atoms with van der Waals surface area (Å²) in [5.41, 5.74) is 1.04. The fourth-order valence-electron chi connectivity index (χ4n) is 5.10. The van der Waals surface area contributed by atoms with Crippen molar-refractivity contribution in [1.29, 1.82) is 5.26 Å². The van der Waals surface area contributed by atoms with Crippen molar-refractivity contribution in [1.82, 2.24) is 0 Å². The van der Waals surface area contributed by atoms with Crippen LogP contribution in [0.15, 0.2) is 96.2 Å². The monoisotopic (exact) mass is 480 g/mol. The first-order chi connectivity index (χ1) is 17.3. The van der Waals surface area contributed by atoms with Crippen LogP contribution in [0.5, 0.6) is 0 Å². The molecule has 180 valence electrons.